The van der Waals surface area contributed by atoms with Crippen LogP contribution < -0.4 is 9.47 Å². The topological polar surface area (TPSA) is 55.8 Å². The molecule has 1 atom stereocenters. The Kier molecular flexibility index (Phi) is 4.01. The molecule has 0 saturated heterocycles. The van der Waals surface area contributed by atoms with Crippen LogP contribution in [0.25, 0.3) is 0 Å². The van der Waals surface area contributed by atoms with E-state index in [1.54, 1.807) is 18.7 Å². The minimum Gasteiger partial charge on any atom is -0.486 e. The number of benzene rings is 1. The van der Waals surface area contributed by atoms with Crippen LogP contribution in [0.2, 0.25) is 0 Å². The molecule has 0 bridgehead atoms. The lowest BCUT2D eigenvalue weighted by atomic mass is 10.0. The number of thioether (sulfide) groups is 1. The molecular weight excluding hydrogens is 252 g/mol. The van der Waals surface area contributed by atoms with Crippen LogP contribution in [-0.4, -0.2) is 30.5 Å². The fourth-order valence-corrected chi connectivity index (χ4v) is 2.51. The maximum absolute atomic E-state index is 10.9. The average Bonchev–Trinajstić information content (AvgIpc) is 2.37. The molecule has 0 spiro atoms. The smallest absolute Gasteiger partial charge is 0.306 e. The van der Waals surface area contributed by atoms with Crippen LogP contribution in [0.5, 0.6) is 11.5 Å². The Hall–Kier alpha value is -1.36. The Bertz CT molecular complexity index is 459. The van der Waals surface area contributed by atoms with Gasteiger partial charge in [0.25, 0.3) is 0 Å². The number of rotatable bonds is 4. The molecule has 5 heteroatoms. The van der Waals surface area contributed by atoms with E-state index in [9.17, 15) is 4.79 Å². The lowest BCUT2D eigenvalue weighted by Gasteiger charge is -2.21. The molecule has 4 nitrogen and oxygen atoms in total. The molecule has 0 fully saturated rings. The Morgan fingerprint density at radius 3 is 2.56 bits per heavy atom. The van der Waals surface area contributed by atoms with Gasteiger partial charge in [0.1, 0.15) is 13.2 Å². The van der Waals surface area contributed by atoms with Gasteiger partial charge < -0.3 is 14.6 Å². The SMILES string of the molecule is CSc1cc2c(cc1CC(C)C(=O)O)OCCO2. The van der Waals surface area contributed by atoms with E-state index in [0.717, 1.165) is 16.2 Å². The molecule has 1 aromatic rings. The van der Waals surface area contributed by atoms with Crippen LogP contribution in [0, 0.1) is 5.92 Å². The van der Waals surface area contributed by atoms with Crippen molar-refractivity contribution < 1.29 is 19.4 Å². The summed E-state index contributed by atoms with van der Waals surface area (Å²) in [5.74, 6) is 0.277. The predicted molar refractivity (Wildman–Crippen MR) is 69.7 cm³/mol. The maximum Gasteiger partial charge on any atom is 0.306 e. The highest BCUT2D eigenvalue weighted by atomic mass is 32.2. The summed E-state index contributed by atoms with van der Waals surface area (Å²) >= 11 is 1.59. The number of carboxylic acids is 1. The number of aliphatic carboxylic acids is 1. The minimum absolute atomic E-state index is 0.404. The molecule has 0 amide bonds. The van der Waals surface area contributed by atoms with Gasteiger partial charge in [-0.3, -0.25) is 4.79 Å². The number of fused-ring (bicyclic) bond motifs is 1. The van der Waals surface area contributed by atoms with Gasteiger partial charge in [-0.15, -0.1) is 11.8 Å². The summed E-state index contributed by atoms with van der Waals surface area (Å²) in [6.07, 6.45) is 2.47. The van der Waals surface area contributed by atoms with E-state index in [4.69, 9.17) is 14.6 Å². The number of hydrogen-bond donors (Lipinski definition) is 1. The first kappa shape index (κ1) is 13.1. The van der Waals surface area contributed by atoms with Crippen molar-refractivity contribution in [2.45, 2.75) is 18.2 Å². The van der Waals surface area contributed by atoms with Crippen LogP contribution in [0.1, 0.15) is 12.5 Å². The lowest BCUT2D eigenvalue weighted by molar-refractivity contribution is -0.141. The van der Waals surface area contributed by atoms with E-state index in [2.05, 4.69) is 0 Å². The zero-order valence-corrected chi connectivity index (χ0v) is 11.3. The molecular formula is C13H16O4S. The highest BCUT2D eigenvalue weighted by Crippen LogP contribution is 2.37. The summed E-state index contributed by atoms with van der Waals surface area (Å²) in [4.78, 5) is 12.0. The first-order chi connectivity index (χ1) is 8.61. The molecule has 0 saturated carbocycles. The van der Waals surface area contributed by atoms with Gasteiger partial charge in [0.15, 0.2) is 11.5 Å². The second-order valence-electron chi connectivity index (χ2n) is 4.25. The fraction of sp³-hybridized carbons (Fsp3) is 0.462. The third kappa shape index (κ3) is 2.72. The second kappa shape index (κ2) is 5.52. The summed E-state index contributed by atoms with van der Waals surface area (Å²) in [6, 6.07) is 3.84. The molecule has 2 rings (SSSR count). The molecule has 1 aliphatic rings. The monoisotopic (exact) mass is 268 g/mol. The van der Waals surface area contributed by atoms with Crippen molar-refractivity contribution in [1.29, 1.82) is 0 Å². The number of carboxylic acid groups (broad SMARTS) is 1. The van der Waals surface area contributed by atoms with Gasteiger partial charge in [0.2, 0.25) is 0 Å². The van der Waals surface area contributed by atoms with Gasteiger partial charge in [-0.1, -0.05) is 6.92 Å². The number of hydrogen-bond acceptors (Lipinski definition) is 4. The Labute approximate surface area is 110 Å². The van der Waals surface area contributed by atoms with Crippen molar-refractivity contribution in [2.75, 3.05) is 19.5 Å². The molecule has 1 aliphatic heterocycles. The standard InChI is InChI=1S/C13H16O4S/c1-8(13(14)15)5-9-6-10-11(7-12(9)18-2)17-4-3-16-10/h6-8H,3-5H2,1-2H3,(H,14,15). The first-order valence-electron chi connectivity index (χ1n) is 5.81. The zero-order chi connectivity index (χ0) is 13.1. The molecule has 0 radical (unpaired) electrons. The molecule has 1 aromatic carbocycles. The van der Waals surface area contributed by atoms with Gasteiger partial charge in [-0.05, 0) is 30.4 Å². The zero-order valence-electron chi connectivity index (χ0n) is 10.4. The van der Waals surface area contributed by atoms with E-state index < -0.39 is 11.9 Å². The van der Waals surface area contributed by atoms with E-state index >= 15 is 0 Å². The second-order valence-corrected chi connectivity index (χ2v) is 5.10. The normalized spacial score (nSPS) is 15.2. The highest BCUT2D eigenvalue weighted by molar-refractivity contribution is 7.98. The molecule has 1 N–H and O–H groups in total. The summed E-state index contributed by atoms with van der Waals surface area (Å²) in [7, 11) is 0. The van der Waals surface area contributed by atoms with Crippen molar-refractivity contribution in [1.82, 2.24) is 0 Å². The van der Waals surface area contributed by atoms with Crippen molar-refractivity contribution in [3.05, 3.63) is 17.7 Å². The van der Waals surface area contributed by atoms with Gasteiger partial charge in [-0.2, -0.15) is 0 Å². The van der Waals surface area contributed by atoms with E-state index in [0.29, 0.717) is 25.4 Å². The quantitative estimate of drug-likeness (QED) is 0.850. The van der Waals surface area contributed by atoms with Crippen molar-refractivity contribution in [3.63, 3.8) is 0 Å². The van der Waals surface area contributed by atoms with E-state index in [1.807, 2.05) is 18.4 Å². The summed E-state index contributed by atoms with van der Waals surface area (Å²) < 4.78 is 11.0. The van der Waals surface area contributed by atoms with Crippen LogP contribution in [0.15, 0.2) is 17.0 Å². The van der Waals surface area contributed by atoms with Crippen molar-refractivity contribution in [3.8, 4) is 11.5 Å². The molecule has 18 heavy (non-hydrogen) atoms. The Morgan fingerprint density at radius 2 is 2.00 bits per heavy atom. The molecule has 0 aromatic heterocycles. The molecule has 1 unspecified atom stereocenters. The van der Waals surface area contributed by atoms with Crippen LogP contribution in [-0.2, 0) is 11.2 Å². The number of ether oxygens (including phenoxy) is 2. The van der Waals surface area contributed by atoms with E-state index in [1.165, 1.54) is 0 Å². The lowest BCUT2D eigenvalue weighted by Crippen LogP contribution is -2.17. The first-order valence-corrected chi connectivity index (χ1v) is 7.03. The van der Waals surface area contributed by atoms with Gasteiger partial charge in [0.05, 0.1) is 5.92 Å². The summed E-state index contributed by atoms with van der Waals surface area (Å²) in [5.41, 5.74) is 1.00. The summed E-state index contributed by atoms with van der Waals surface area (Å²) in [5, 5.41) is 8.98. The third-order valence-electron chi connectivity index (χ3n) is 2.89. The van der Waals surface area contributed by atoms with E-state index in [-0.39, 0.29) is 0 Å². The van der Waals surface area contributed by atoms with Crippen molar-refractivity contribution in [2.24, 2.45) is 5.92 Å². The predicted octanol–water partition coefficient (Wildman–Crippen LogP) is 2.44. The van der Waals surface area contributed by atoms with Crippen LogP contribution in [0.4, 0.5) is 0 Å². The Balaban J connectivity index is 2.30. The third-order valence-corrected chi connectivity index (χ3v) is 3.71. The number of carbonyl (C=O) groups is 1. The fourth-order valence-electron chi connectivity index (χ4n) is 1.88. The average molecular weight is 268 g/mol. The summed E-state index contributed by atoms with van der Waals surface area (Å²) in [6.45, 7) is 2.81. The van der Waals surface area contributed by atoms with Crippen LogP contribution >= 0.6 is 11.8 Å². The molecule has 98 valence electrons. The maximum atomic E-state index is 10.9. The van der Waals surface area contributed by atoms with Crippen LogP contribution in [0.3, 0.4) is 0 Å². The highest BCUT2D eigenvalue weighted by Gasteiger charge is 2.19. The molecule has 1 heterocycles. The van der Waals surface area contributed by atoms with Gasteiger partial charge >= 0.3 is 5.97 Å². The Morgan fingerprint density at radius 1 is 1.39 bits per heavy atom. The molecule has 0 aliphatic carbocycles. The van der Waals surface area contributed by atoms with Crippen molar-refractivity contribution >= 4 is 17.7 Å². The largest absolute Gasteiger partial charge is 0.486 e. The minimum atomic E-state index is -0.781. The van der Waals surface area contributed by atoms with Gasteiger partial charge in [0, 0.05) is 4.90 Å². The van der Waals surface area contributed by atoms with Gasteiger partial charge in [-0.25, -0.2) is 0 Å².